The minimum Gasteiger partial charge on any atom is -0.341 e. The highest BCUT2D eigenvalue weighted by Gasteiger charge is 2.45. The summed E-state index contributed by atoms with van der Waals surface area (Å²) in [6.07, 6.45) is 1.49. The van der Waals surface area contributed by atoms with Gasteiger partial charge in [0.25, 0.3) is 5.91 Å². The van der Waals surface area contributed by atoms with E-state index in [9.17, 15) is 27.2 Å². The van der Waals surface area contributed by atoms with Crippen molar-refractivity contribution in [3.8, 4) is 0 Å². The number of piperidine rings is 2. The van der Waals surface area contributed by atoms with Crippen LogP contribution in [0.3, 0.4) is 0 Å². The fraction of sp³-hybridized carbons (Fsp3) is 0.519. The van der Waals surface area contributed by atoms with Crippen molar-refractivity contribution in [1.29, 1.82) is 0 Å². The van der Waals surface area contributed by atoms with E-state index in [0.717, 1.165) is 32.4 Å². The fourth-order valence-electron chi connectivity index (χ4n) is 5.60. The monoisotopic (exact) mass is 520 g/mol. The third kappa shape index (κ3) is 5.79. The second-order valence-electron chi connectivity index (χ2n) is 10.4. The lowest BCUT2D eigenvalue weighted by Crippen LogP contribution is -2.56. The van der Waals surface area contributed by atoms with Crippen LogP contribution in [0.2, 0.25) is 0 Å². The van der Waals surface area contributed by atoms with Crippen molar-refractivity contribution in [2.75, 3.05) is 26.2 Å². The molecule has 2 aromatic rings. The van der Waals surface area contributed by atoms with Gasteiger partial charge in [0.1, 0.15) is 11.9 Å². The molecule has 2 aliphatic rings. The number of likely N-dealkylation sites (tertiary alicyclic amines) is 1. The summed E-state index contributed by atoms with van der Waals surface area (Å²) in [6, 6.07) is 4.71. The van der Waals surface area contributed by atoms with Crippen LogP contribution in [-0.2, 0) is 11.0 Å². The average molecular weight is 521 g/mol. The lowest BCUT2D eigenvalue weighted by molar-refractivity contribution is -0.138. The van der Waals surface area contributed by atoms with Crippen molar-refractivity contribution in [3.05, 3.63) is 65.2 Å². The Morgan fingerprint density at radius 3 is 2.51 bits per heavy atom. The fourth-order valence-corrected chi connectivity index (χ4v) is 5.60. The van der Waals surface area contributed by atoms with Crippen molar-refractivity contribution >= 4 is 11.8 Å². The summed E-state index contributed by atoms with van der Waals surface area (Å²) < 4.78 is 53.5. The topological polar surface area (TPSA) is 74.3 Å². The van der Waals surface area contributed by atoms with Gasteiger partial charge < -0.3 is 15.5 Å². The highest BCUT2D eigenvalue weighted by Crippen LogP contribution is 2.48. The van der Waals surface area contributed by atoms with Gasteiger partial charge in [0.15, 0.2) is 0 Å². The molecule has 2 N–H and O–H groups in total. The molecule has 2 amide bonds. The van der Waals surface area contributed by atoms with Gasteiger partial charge >= 0.3 is 6.18 Å². The number of alkyl halides is 3. The molecule has 0 bridgehead atoms. The first-order valence-electron chi connectivity index (χ1n) is 12.6. The third-order valence-electron chi connectivity index (χ3n) is 7.80. The first kappa shape index (κ1) is 27.0. The highest BCUT2D eigenvalue weighted by atomic mass is 19.4. The van der Waals surface area contributed by atoms with E-state index in [2.05, 4.69) is 21.7 Å². The molecule has 4 rings (SSSR count). The van der Waals surface area contributed by atoms with Crippen LogP contribution in [0.5, 0.6) is 0 Å². The van der Waals surface area contributed by atoms with E-state index in [1.54, 1.807) is 24.9 Å². The van der Waals surface area contributed by atoms with E-state index < -0.39 is 35.1 Å². The number of halogens is 4. The van der Waals surface area contributed by atoms with Gasteiger partial charge in [-0.05, 0) is 67.0 Å². The summed E-state index contributed by atoms with van der Waals surface area (Å²) in [4.78, 5) is 32.2. The maximum absolute atomic E-state index is 14.3. The summed E-state index contributed by atoms with van der Waals surface area (Å²) >= 11 is 0. The van der Waals surface area contributed by atoms with Crippen LogP contribution >= 0.6 is 0 Å². The van der Waals surface area contributed by atoms with Gasteiger partial charge in [-0.25, -0.2) is 4.39 Å². The number of hydrogen-bond donors (Lipinski definition) is 2. The summed E-state index contributed by atoms with van der Waals surface area (Å²) in [5, 5.41) is 5.97. The van der Waals surface area contributed by atoms with Crippen LogP contribution in [-0.4, -0.2) is 53.9 Å². The number of nitrogens with one attached hydrogen (secondary N) is 2. The summed E-state index contributed by atoms with van der Waals surface area (Å²) in [5.41, 5.74) is -0.661. The molecule has 1 unspecified atom stereocenters. The van der Waals surface area contributed by atoms with E-state index in [0.29, 0.717) is 31.3 Å². The van der Waals surface area contributed by atoms with Gasteiger partial charge in [-0.2, -0.15) is 13.2 Å². The first-order chi connectivity index (χ1) is 17.5. The zero-order valence-corrected chi connectivity index (χ0v) is 20.9. The van der Waals surface area contributed by atoms with Gasteiger partial charge in [0, 0.05) is 37.9 Å². The Morgan fingerprint density at radius 2 is 1.89 bits per heavy atom. The van der Waals surface area contributed by atoms with E-state index in [1.165, 1.54) is 5.56 Å². The number of carbonyl (C=O) groups is 2. The molecule has 1 aromatic carbocycles. The molecule has 2 fully saturated rings. The van der Waals surface area contributed by atoms with Crippen LogP contribution in [0, 0.1) is 17.2 Å². The Hall–Kier alpha value is -3.01. The minimum absolute atomic E-state index is 0.0306. The Bertz CT molecular complexity index is 1120. The SMILES string of the molecule is CC(C)[C@@H](NC(=O)c1cc(C(F)(F)F)ccc1F)C(=O)N1CCC2(CCNCC2c2cccnc2)CC1. The van der Waals surface area contributed by atoms with Crippen molar-refractivity contribution in [1.82, 2.24) is 20.5 Å². The molecule has 3 heterocycles. The lowest BCUT2D eigenvalue weighted by atomic mass is 9.63. The number of nitrogens with zero attached hydrogens (tertiary/aromatic N) is 2. The molecule has 200 valence electrons. The van der Waals surface area contributed by atoms with E-state index in [-0.39, 0.29) is 23.2 Å². The Kier molecular flexibility index (Phi) is 7.87. The van der Waals surface area contributed by atoms with Gasteiger partial charge in [-0.3, -0.25) is 14.6 Å². The number of carbonyl (C=O) groups excluding carboxylic acids is 2. The molecule has 0 aliphatic carbocycles. The zero-order chi connectivity index (χ0) is 26.8. The van der Waals surface area contributed by atoms with Crippen LogP contribution in [0.4, 0.5) is 17.6 Å². The molecular formula is C27H32F4N4O2. The number of pyridine rings is 1. The Balaban J connectivity index is 1.47. The maximum atomic E-state index is 14.3. The van der Waals surface area contributed by atoms with Crippen LogP contribution < -0.4 is 10.6 Å². The lowest BCUT2D eigenvalue weighted by Gasteiger charge is -2.50. The Morgan fingerprint density at radius 1 is 1.16 bits per heavy atom. The zero-order valence-electron chi connectivity index (χ0n) is 20.9. The molecule has 10 heteroatoms. The van der Waals surface area contributed by atoms with Crippen molar-refractivity contribution in [2.45, 2.75) is 51.2 Å². The molecule has 6 nitrogen and oxygen atoms in total. The number of benzene rings is 1. The maximum Gasteiger partial charge on any atom is 0.416 e. The smallest absolute Gasteiger partial charge is 0.341 e. The normalized spacial score (nSPS) is 20.6. The van der Waals surface area contributed by atoms with Gasteiger partial charge in [-0.15, -0.1) is 0 Å². The largest absolute Gasteiger partial charge is 0.416 e. The Labute approximate surface area is 213 Å². The molecule has 0 saturated carbocycles. The minimum atomic E-state index is -4.72. The molecule has 1 spiro atoms. The molecule has 2 atom stereocenters. The number of amides is 2. The highest BCUT2D eigenvalue weighted by molar-refractivity contribution is 5.98. The predicted molar refractivity (Wildman–Crippen MR) is 130 cm³/mol. The number of aromatic nitrogens is 1. The van der Waals surface area contributed by atoms with Gasteiger partial charge in [0.2, 0.25) is 5.91 Å². The van der Waals surface area contributed by atoms with Crippen LogP contribution in [0.1, 0.15) is 60.5 Å². The third-order valence-corrected chi connectivity index (χ3v) is 7.80. The quantitative estimate of drug-likeness (QED) is 0.574. The first-order valence-corrected chi connectivity index (χ1v) is 12.6. The molecular weight excluding hydrogens is 488 g/mol. The number of rotatable bonds is 5. The van der Waals surface area contributed by atoms with Crippen molar-refractivity contribution in [2.24, 2.45) is 11.3 Å². The van der Waals surface area contributed by atoms with Gasteiger partial charge in [0.05, 0.1) is 11.1 Å². The predicted octanol–water partition coefficient (Wildman–Crippen LogP) is 4.38. The summed E-state index contributed by atoms with van der Waals surface area (Å²) in [6.45, 7) is 6.23. The summed E-state index contributed by atoms with van der Waals surface area (Å²) in [7, 11) is 0. The molecule has 1 aromatic heterocycles. The van der Waals surface area contributed by atoms with Gasteiger partial charge in [-0.1, -0.05) is 19.9 Å². The van der Waals surface area contributed by atoms with Crippen molar-refractivity contribution < 1.29 is 27.2 Å². The second kappa shape index (κ2) is 10.8. The van der Waals surface area contributed by atoms with Crippen LogP contribution in [0.15, 0.2) is 42.7 Å². The molecule has 37 heavy (non-hydrogen) atoms. The summed E-state index contributed by atoms with van der Waals surface area (Å²) in [5.74, 6) is -2.50. The van der Waals surface area contributed by atoms with E-state index in [4.69, 9.17) is 0 Å². The molecule has 0 radical (unpaired) electrons. The molecule has 2 saturated heterocycles. The standard InChI is InChI=1S/C27H32F4N4O2/c1-17(2)23(34-24(36)20-14-19(27(29,30)31)5-6-22(20)28)25(37)35-12-8-26(9-13-35)7-11-33-16-21(26)18-4-3-10-32-15-18/h3-6,10,14-15,17,21,23,33H,7-9,11-13,16H2,1-2H3,(H,34,36)/t21?,23-/m1/s1. The number of hydrogen-bond acceptors (Lipinski definition) is 4. The van der Waals surface area contributed by atoms with Crippen molar-refractivity contribution in [3.63, 3.8) is 0 Å². The second-order valence-corrected chi connectivity index (χ2v) is 10.4. The van der Waals surface area contributed by atoms with E-state index >= 15 is 0 Å². The van der Waals surface area contributed by atoms with E-state index in [1.807, 2.05) is 12.3 Å². The average Bonchev–Trinajstić information content (AvgIpc) is 2.87. The van der Waals surface area contributed by atoms with Crippen LogP contribution in [0.25, 0.3) is 0 Å². The molecule has 2 aliphatic heterocycles.